The highest BCUT2D eigenvalue weighted by atomic mass is 16.6. The molecular formula is C23H19NO4. The molecule has 0 aliphatic rings. The number of hydrogen-bond donors (Lipinski definition) is 1. The van der Waals surface area contributed by atoms with Crippen molar-refractivity contribution < 1.29 is 19.1 Å². The quantitative estimate of drug-likeness (QED) is 0.399. The molecule has 0 bridgehead atoms. The van der Waals surface area contributed by atoms with Gasteiger partial charge in [-0.05, 0) is 35.9 Å². The van der Waals surface area contributed by atoms with E-state index >= 15 is 0 Å². The molecule has 0 fully saturated rings. The molecule has 0 amide bonds. The second-order valence-corrected chi connectivity index (χ2v) is 6.54. The van der Waals surface area contributed by atoms with Gasteiger partial charge in [0.2, 0.25) is 5.78 Å². The molecule has 0 aliphatic carbocycles. The van der Waals surface area contributed by atoms with Crippen molar-refractivity contribution in [2.45, 2.75) is 13.0 Å². The van der Waals surface area contributed by atoms with Gasteiger partial charge in [-0.15, -0.1) is 0 Å². The van der Waals surface area contributed by atoms with Crippen LogP contribution >= 0.6 is 0 Å². The number of fused-ring (bicyclic) bond motifs is 2. The summed E-state index contributed by atoms with van der Waals surface area (Å²) >= 11 is 0. The Bertz CT molecular complexity index is 1160. The number of rotatable bonds is 6. The van der Waals surface area contributed by atoms with Crippen molar-refractivity contribution in [3.8, 4) is 5.75 Å². The van der Waals surface area contributed by atoms with Crippen molar-refractivity contribution in [2.75, 3.05) is 6.61 Å². The van der Waals surface area contributed by atoms with E-state index in [0.717, 1.165) is 21.7 Å². The molecule has 0 aliphatic heterocycles. The number of carbonyl (C=O) groups is 2. The lowest BCUT2D eigenvalue weighted by atomic mass is 10.1. The van der Waals surface area contributed by atoms with Gasteiger partial charge in [-0.25, -0.2) is 4.79 Å². The predicted octanol–water partition coefficient (Wildman–Crippen LogP) is 4.51. The van der Waals surface area contributed by atoms with Crippen LogP contribution < -0.4 is 4.74 Å². The summed E-state index contributed by atoms with van der Waals surface area (Å²) in [6.07, 6.45) is 0.745. The Morgan fingerprint density at radius 1 is 0.964 bits per heavy atom. The molecule has 140 valence electrons. The summed E-state index contributed by atoms with van der Waals surface area (Å²) in [6.45, 7) is 1.31. The van der Waals surface area contributed by atoms with E-state index in [1.807, 2.05) is 60.7 Å². The molecule has 5 heteroatoms. The Labute approximate surface area is 161 Å². The van der Waals surface area contributed by atoms with Gasteiger partial charge in [-0.2, -0.15) is 0 Å². The smallest absolute Gasteiger partial charge is 0.344 e. The number of carbonyl (C=O) groups excluding carboxylic acids is 2. The third-order valence-corrected chi connectivity index (χ3v) is 4.61. The number of esters is 1. The van der Waals surface area contributed by atoms with E-state index < -0.39 is 12.1 Å². The number of Topliss-reactive ketones (excluding diaryl/α,β-unsaturated/α-hetero) is 1. The van der Waals surface area contributed by atoms with Crippen LogP contribution in [0.5, 0.6) is 5.75 Å². The second-order valence-electron chi connectivity index (χ2n) is 6.54. The molecule has 0 saturated heterocycles. The van der Waals surface area contributed by atoms with Gasteiger partial charge in [0.1, 0.15) is 5.75 Å². The van der Waals surface area contributed by atoms with Gasteiger partial charge >= 0.3 is 5.97 Å². The third kappa shape index (κ3) is 3.60. The lowest BCUT2D eigenvalue weighted by molar-refractivity contribution is -0.148. The fraction of sp³-hybridized carbons (Fsp3) is 0.130. The molecule has 1 heterocycles. The first-order valence-corrected chi connectivity index (χ1v) is 9.03. The monoisotopic (exact) mass is 373 g/mol. The standard InChI is InChI=1S/C23H19NO4/c1-15(23(26)20-13-24-21-9-5-4-8-19(20)21)28-22(25)14-27-18-11-10-16-6-2-3-7-17(16)12-18/h2-13,15,24H,14H2,1H3/t15-/m1/s1. The first-order valence-electron chi connectivity index (χ1n) is 9.03. The van der Waals surface area contributed by atoms with Gasteiger partial charge in [0, 0.05) is 22.7 Å². The molecule has 0 saturated carbocycles. The fourth-order valence-electron chi connectivity index (χ4n) is 3.18. The zero-order valence-electron chi connectivity index (χ0n) is 15.3. The van der Waals surface area contributed by atoms with Gasteiger partial charge in [-0.3, -0.25) is 4.79 Å². The Morgan fingerprint density at radius 3 is 2.57 bits per heavy atom. The van der Waals surface area contributed by atoms with E-state index in [4.69, 9.17) is 9.47 Å². The summed E-state index contributed by atoms with van der Waals surface area (Å²) in [5.41, 5.74) is 1.37. The third-order valence-electron chi connectivity index (χ3n) is 4.61. The number of ether oxygens (including phenoxy) is 2. The number of benzene rings is 3. The molecule has 0 unspecified atom stereocenters. The maximum atomic E-state index is 12.6. The summed E-state index contributed by atoms with van der Waals surface area (Å²) in [5, 5.41) is 2.93. The van der Waals surface area contributed by atoms with E-state index in [1.54, 1.807) is 19.2 Å². The summed E-state index contributed by atoms with van der Waals surface area (Å²) in [5.74, 6) is -0.267. The minimum atomic E-state index is -0.896. The van der Waals surface area contributed by atoms with E-state index in [0.29, 0.717) is 11.3 Å². The molecule has 0 radical (unpaired) electrons. The molecule has 4 rings (SSSR count). The number of nitrogens with one attached hydrogen (secondary N) is 1. The molecule has 4 aromatic rings. The Balaban J connectivity index is 1.38. The molecule has 1 aromatic heterocycles. The Kier molecular flexibility index (Phi) is 4.81. The number of aromatic nitrogens is 1. The van der Waals surface area contributed by atoms with Crippen molar-refractivity contribution in [1.82, 2.24) is 4.98 Å². The van der Waals surface area contributed by atoms with Crippen LogP contribution in [-0.2, 0) is 9.53 Å². The highest BCUT2D eigenvalue weighted by Gasteiger charge is 2.22. The van der Waals surface area contributed by atoms with Crippen molar-refractivity contribution in [2.24, 2.45) is 0 Å². The minimum absolute atomic E-state index is 0.253. The lowest BCUT2D eigenvalue weighted by Gasteiger charge is -2.13. The van der Waals surface area contributed by atoms with Gasteiger partial charge in [-0.1, -0.05) is 48.5 Å². The molecule has 5 nitrogen and oxygen atoms in total. The summed E-state index contributed by atoms with van der Waals surface area (Å²) in [7, 11) is 0. The topological polar surface area (TPSA) is 68.4 Å². The number of para-hydroxylation sites is 1. The highest BCUT2D eigenvalue weighted by molar-refractivity contribution is 6.10. The van der Waals surface area contributed by atoms with Crippen LogP contribution in [0.1, 0.15) is 17.3 Å². The van der Waals surface area contributed by atoms with Crippen LogP contribution in [0, 0.1) is 0 Å². The minimum Gasteiger partial charge on any atom is -0.482 e. The average Bonchev–Trinajstić information content (AvgIpc) is 3.15. The number of ketones is 1. The summed E-state index contributed by atoms with van der Waals surface area (Å²) in [6, 6.07) is 21.0. The summed E-state index contributed by atoms with van der Waals surface area (Å²) in [4.78, 5) is 27.8. The second kappa shape index (κ2) is 7.56. The number of H-pyrrole nitrogens is 1. The van der Waals surface area contributed by atoms with Crippen LogP contribution in [-0.4, -0.2) is 29.4 Å². The van der Waals surface area contributed by atoms with Gasteiger partial charge in [0.15, 0.2) is 12.7 Å². The van der Waals surface area contributed by atoms with E-state index in [2.05, 4.69) is 4.98 Å². The number of hydrogen-bond acceptors (Lipinski definition) is 4. The van der Waals surface area contributed by atoms with E-state index in [1.165, 1.54) is 0 Å². The van der Waals surface area contributed by atoms with E-state index in [9.17, 15) is 9.59 Å². The Hall–Kier alpha value is -3.60. The average molecular weight is 373 g/mol. The van der Waals surface area contributed by atoms with Crippen molar-refractivity contribution >= 4 is 33.4 Å². The first kappa shape index (κ1) is 17.8. The zero-order chi connectivity index (χ0) is 19.5. The Morgan fingerprint density at radius 2 is 1.71 bits per heavy atom. The van der Waals surface area contributed by atoms with Crippen LogP contribution in [0.2, 0.25) is 0 Å². The van der Waals surface area contributed by atoms with Crippen LogP contribution in [0.25, 0.3) is 21.7 Å². The van der Waals surface area contributed by atoms with E-state index in [-0.39, 0.29) is 12.4 Å². The lowest BCUT2D eigenvalue weighted by Crippen LogP contribution is -2.27. The maximum absolute atomic E-state index is 12.6. The van der Waals surface area contributed by atoms with Gasteiger partial charge in [0.25, 0.3) is 0 Å². The van der Waals surface area contributed by atoms with Crippen molar-refractivity contribution in [3.63, 3.8) is 0 Å². The van der Waals surface area contributed by atoms with Crippen molar-refractivity contribution in [3.05, 3.63) is 78.5 Å². The van der Waals surface area contributed by atoms with Gasteiger partial charge in [0.05, 0.1) is 0 Å². The largest absolute Gasteiger partial charge is 0.482 e. The zero-order valence-corrected chi connectivity index (χ0v) is 15.3. The summed E-state index contributed by atoms with van der Waals surface area (Å²) < 4.78 is 10.8. The first-order chi connectivity index (χ1) is 13.6. The fourth-order valence-corrected chi connectivity index (χ4v) is 3.18. The predicted molar refractivity (Wildman–Crippen MR) is 108 cm³/mol. The molecule has 1 N–H and O–H groups in total. The molecular weight excluding hydrogens is 354 g/mol. The van der Waals surface area contributed by atoms with Crippen LogP contribution in [0.3, 0.4) is 0 Å². The van der Waals surface area contributed by atoms with Crippen LogP contribution in [0.4, 0.5) is 0 Å². The molecule has 28 heavy (non-hydrogen) atoms. The molecule has 3 aromatic carbocycles. The van der Waals surface area contributed by atoms with Crippen LogP contribution in [0.15, 0.2) is 72.9 Å². The van der Waals surface area contributed by atoms with Crippen molar-refractivity contribution in [1.29, 1.82) is 0 Å². The highest BCUT2D eigenvalue weighted by Crippen LogP contribution is 2.21. The SMILES string of the molecule is C[C@@H](OC(=O)COc1ccc2ccccc2c1)C(=O)c1c[nH]c2ccccc12. The van der Waals surface area contributed by atoms with Gasteiger partial charge < -0.3 is 14.5 Å². The normalized spacial score (nSPS) is 12.0. The molecule has 1 atom stereocenters. The molecule has 0 spiro atoms. The number of aromatic amines is 1. The maximum Gasteiger partial charge on any atom is 0.344 e.